The first kappa shape index (κ1) is 16.6. The number of rotatable bonds is 3. The van der Waals surface area contributed by atoms with Gasteiger partial charge < -0.3 is 10.2 Å². The number of nitriles is 1. The first-order valence-corrected chi connectivity index (χ1v) is 9.37. The van der Waals surface area contributed by atoms with E-state index >= 15 is 0 Å². The predicted octanol–water partition coefficient (Wildman–Crippen LogP) is 2.60. The van der Waals surface area contributed by atoms with E-state index in [-0.39, 0.29) is 30.0 Å². The topological polar surface area (TPSA) is 69.8 Å². The summed E-state index contributed by atoms with van der Waals surface area (Å²) in [5.74, 6) is -2.60. The van der Waals surface area contributed by atoms with Gasteiger partial charge in [0.1, 0.15) is 17.5 Å². The second kappa shape index (κ2) is 5.73. The molecule has 0 bridgehead atoms. The van der Waals surface area contributed by atoms with E-state index in [0.29, 0.717) is 23.1 Å². The molecule has 1 aliphatic carbocycles. The molecule has 2 saturated heterocycles. The van der Waals surface area contributed by atoms with Crippen molar-refractivity contribution in [2.45, 2.75) is 44.2 Å². The molecule has 5 rings (SSSR count). The summed E-state index contributed by atoms with van der Waals surface area (Å²) in [5.41, 5.74) is 1.71. The van der Waals surface area contributed by atoms with Crippen LogP contribution in [0.3, 0.4) is 0 Å². The Labute approximate surface area is 155 Å². The first-order chi connectivity index (χ1) is 13.0. The maximum Gasteiger partial charge on any atom is 0.275 e. The van der Waals surface area contributed by atoms with Gasteiger partial charge in [0, 0.05) is 49.4 Å². The molecule has 3 aliphatic rings. The summed E-state index contributed by atoms with van der Waals surface area (Å²) in [5, 5.41) is 17.3. The van der Waals surface area contributed by atoms with Gasteiger partial charge >= 0.3 is 0 Å². The minimum absolute atomic E-state index is 0.0402. The molecule has 1 unspecified atom stereocenters. The van der Waals surface area contributed by atoms with E-state index in [0.717, 1.165) is 31.6 Å². The van der Waals surface area contributed by atoms with Crippen molar-refractivity contribution in [3.8, 4) is 17.3 Å². The molecule has 2 aromatic rings. The number of nitrogens with one attached hydrogen (secondary N) is 1. The molecule has 8 heteroatoms. The van der Waals surface area contributed by atoms with Crippen LogP contribution in [0.25, 0.3) is 11.3 Å². The second-order valence-corrected chi connectivity index (χ2v) is 7.68. The van der Waals surface area contributed by atoms with Crippen LogP contribution in [0.5, 0.6) is 0 Å². The average molecular weight is 370 g/mol. The highest BCUT2D eigenvalue weighted by atomic mass is 19.3. The van der Waals surface area contributed by atoms with Crippen molar-refractivity contribution in [2.75, 3.05) is 24.5 Å². The van der Waals surface area contributed by atoms with Crippen molar-refractivity contribution in [1.82, 2.24) is 20.1 Å². The molecule has 0 radical (unpaired) electrons. The molecule has 2 fully saturated rings. The van der Waals surface area contributed by atoms with Gasteiger partial charge in [0.05, 0.1) is 17.9 Å². The molecule has 1 atom stereocenters. The summed E-state index contributed by atoms with van der Waals surface area (Å²) < 4.78 is 31.3. The van der Waals surface area contributed by atoms with Crippen molar-refractivity contribution in [3.05, 3.63) is 29.1 Å². The van der Waals surface area contributed by atoms with Gasteiger partial charge in [-0.1, -0.05) is 0 Å². The highest BCUT2D eigenvalue weighted by Crippen LogP contribution is 2.49. The Balaban J connectivity index is 1.69. The number of fused-ring (bicyclic) bond motifs is 1. The highest BCUT2D eigenvalue weighted by molar-refractivity contribution is 5.74. The molecule has 0 spiro atoms. The van der Waals surface area contributed by atoms with Crippen LogP contribution in [-0.4, -0.2) is 40.4 Å². The van der Waals surface area contributed by atoms with Gasteiger partial charge in [-0.3, -0.25) is 4.68 Å². The van der Waals surface area contributed by atoms with E-state index in [9.17, 15) is 14.0 Å². The van der Waals surface area contributed by atoms with E-state index < -0.39 is 5.92 Å². The lowest BCUT2D eigenvalue weighted by Gasteiger charge is -2.40. The average Bonchev–Trinajstić information content (AvgIpc) is 3.17. The third-order valence-corrected chi connectivity index (χ3v) is 6.05. The van der Waals surface area contributed by atoms with Gasteiger partial charge in [0.15, 0.2) is 0 Å². The van der Waals surface area contributed by atoms with Gasteiger partial charge in [-0.15, -0.1) is 0 Å². The van der Waals surface area contributed by atoms with Crippen LogP contribution in [0.2, 0.25) is 0 Å². The largest absolute Gasteiger partial charge is 0.353 e. The smallest absolute Gasteiger partial charge is 0.275 e. The number of anilines is 1. The van der Waals surface area contributed by atoms with Crippen LogP contribution >= 0.6 is 0 Å². The van der Waals surface area contributed by atoms with Crippen molar-refractivity contribution >= 4 is 5.82 Å². The van der Waals surface area contributed by atoms with E-state index in [2.05, 4.69) is 10.4 Å². The van der Waals surface area contributed by atoms with Crippen LogP contribution in [0, 0.1) is 11.3 Å². The monoisotopic (exact) mass is 370 g/mol. The van der Waals surface area contributed by atoms with Crippen LogP contribution in [0.1, 0.15) is 42.5 Å². The maximum atomic E-state index is 14.7. The van der Waals surface area contributed by atoms with Gasteiger partial charge in [0.25, 0.3) is 5.92 Å². The molecule has 0 aromatic carbocycles. The lowest BCUT2D eigenvalue weighted by Crippen LogP contribution is -2.46. The van der Waals surface area contributed by atoms with Gasteiger partial charge in [-0.05, 0) is 25.3 Å². The summed E-state index contributed by atoms with van der Waals surface area (Å²) in [6.07, 6.45) is 4.52. The Morgan fingerprint density at radius 1 is 1.37 bits per heavy atom. The second-order valence-electron chi connectivity index (χ2n) is 7.68. The van der Waals surface area contributed by atoms with Crippen LogP contribution in [0.15, 0.2) is 12.4 Å². The lowest BCUT2D eigenvalue weighted by atomic mass is 9.96. The quantitative estimate of drug-likeness (QED) is 0.899. The number of alkyl halides is 2. The van der Waals surface area contributed by atoms with Crippen molar-refractivity contribution in [2.24, 2.45) is 0 Å². The van der Waals surface area contributed by atoms with Gasteiger partial charge in [0.2, 0.25) is 0 Å². The minimum Gasteiger partial charge on any atom is -0.353 e. The standard InChI is InChI=1S/C19H20F2N6/c1-11-3-5-26(11)18-15(6-22)16-14(2-4-19(16,20)21)17(25-18)12-7-24-27(10-12)13-8-23-9-13/h7,10-11,13,23H,2-5,8-9H2,1H3. The zero-order valence-corrected chi connectivity index (χ0v) is 15.0. The van der Waals surface area contributed by atoms with E-state index in [4.69, 9.17) is 4.98 Å². The summed E-state index contributed by atoms with van der Waals surface area (Å²) in [7, 11) is 0. The normalized spacial score (nSPS) is 23.5. The molecular weight excluding hydrogens is 350 g/mol. The number of nitrogens with zero attached hydrogens (tertiary/aromatic N) is 5. The molecule has 1 N–H and O–H groups in total. The molecule has 6 nitrogen and oxygen atoms in total. The fraction of sp³-hybridized carbons (Fsp3) is 0.526. The number of hydrogen-bond acceptors (Lipinski definition) is 5. The molecule has 0 saturated carbocycles. The Hall–Kier alpha value is -2.53. The molecule has 140 valence electrons. The fourth-order valence-corrected chi connectivity index (χ4v) is 4.17. The first-order valence-electron chi connectivity index (χ1n) is 9.37. The SMILES string of the molecule is CC1CCN1c1nc(-c2cnn(C3CNC3)c2)c2c(c1C#N)C(F)(F)CC2. The van der Waals surface area contributed by atoms with Crippen molar-refractivity contribution < 1.29 is 8.78 Å². The molecule has 4 heterocycles. The van der Waals surface area contributed by atoms with Gasteiger partial charge in [-0.2, -0.15) is 10.4 Å². The van der Waals surface area contributed by atoms with E-state index in [1.807, 2.05) is 28.8 Å². The zero-order valence-electron chi connectivity index (χ0n) is 15.0. The summed E-state index contributed by atoms with van der Waals surface area (Å²) in [6, 6.07) is 2.52. The molecule has 2 aliphatic heterocycles. The highest BCUT2D eigenvalue weighted by Gasteiger charge is 2.45. The fourth-order valence-electron chi connectivity index (χ4n) is 4.17. The van der Waals surface area contributed by atoms with Crippen LogP contribution in [-0.2, 0) is 12.3 Å². The summed E-state index contributed by atoms with van der Waals surface area (Å²) in [6.45, 7) is 4.47. The van der Waals surface area contributed by atoms with Crippen LogP contribution < -0.4 is 10.2 Å². The predicted molar refractivity (Wildman–Crippen MR) is 95.7 cm³/mol. The van der Waals surface area contributed by atoms with Crippen LogP contribution in [0.4, 0.5) is 14.6 Å². The molecule has 27 heavy (non-hydrogen) atoms. The Bertz CT molecular complexity index is 956. The Kier molecular flexibility index (Phi) is 3.53. The lowest BCUT2D eigenvalue weighted by molar-refractivity contribution is -0.00209. The molecule has 2 aromatic heterocycles. The number of aromatic nitrogens is 3. The summed E-state index contributed by atoms with van der Waals surface area (Å²) in [4.78, 5) is 6.70. The van der Waals surface area contributed by atoms with Crippen molar-refractivity contribution in [1.29, 1.82) is 5.26 Å². The molecular formula is C19H20F2N6. The van der Waals surface area contributed by atoms with Gasteiger partial charge in [-0.25, -0.2) is 13.8 Å². The Morgan fingerprint density at radius 2 is 2.19 bits per heavy atom. The Morgan fingerprint density at radius 3 is 2.78 bits per heavy atom. The molecule has 0 amide bonds. The van der Waals surface area contributed by atoms with Crippen molar-refractivity contribution in [3.63, 3.8) is 0 Å². The zero-order chi connectivity index (χ0) is 18.8. The van der Waals surface area contributed by atoms with E-state index in [1.165, 1.54) is 0 Å². The number of halogens is 2. The maximum absolute atomic E-state index is 14.7. The minimum atomic E-state index is -2.99. The van der Waals surface area contributed by atoms with E-state index in [1.54, 1.807) is 6.20 Å². The summed E-state index contributed by atoms with van der Waals surface area (Å²) >= 11 is 0. The number of hydrogen-bond donors (Lipinski definition) is 1. The third kappa shape index (κ3) is 2.38. The number of pyridine rings is 1. The third-order valence-electron chi connectivity index (χ3n) is 6.05.